The molecule has 3 heterocycles. The molecule has 0 aromatic carbocycles. The van der Waals surface area contributed by atoms with Crippen LogP contribution in [0.4, 0.5) is 0 Å². The highest BCUT2D eigenvalue weighted by atomic mass is 16.7. The molecule has 4 fully saturated rings. The van der Waals surface area contributed by atoms with Crippen molar-refractivity contribution in [3.05, 3.63) is 0 Å². The van der Waals surface area contributed by atoms with Crippen molar-refractivity contribution < 1.29 is 4.37 Å². The number of hydrogen-bond acceptors (Lipinski definition) is 0. The lowest BCUT2D eigenvalue weighted by molar-refractivity contribution is -0.264. The molecule has 4 rings (SSSR count). The van der Waals surface area contributed by atoms with E-state index in [-0.39, 0.29) is 0 Å². The van der Waals surface area contributed by atoms with Gasteiger partial charge in [-0.3, -0.25) is 0 Å². The van der Waals surface area contributed by atoms with Crippen molar-refractivity contribution in [2.24, 2.45) is 17.8 Å². The maximum absolute atomic E-state index is 3.45. The molecule has 4 bridgehead atoms. The second-order valence-corrected chi connectivity index (χ2v) is 4.42. The molecule has 0 aromatic rings. The van der Waals surface area contributed by atoms with Crippen LogP contribution in [0.5, 0.6) is 0 Å². The van der Waals surface area contributed by atoms with E-state index >= 15 is 0 Å². The zero-order chi connectivity index (χ0) is 6.55. The lowest BCUT2D eigenvalue weighted by Crippen LogP contribution is -2.48. The number of hydrogen-bond donors (Lipinski definition) is 0. The standard InChI is InChI=1S/C9H15O/c1-7-2-9-3-8(1)5-10(4-7)6-9/h7-9H,1-6H2/q+1. The molecule has 0 unspecified atom stereocenters. The molecule has 0 atom stereocenters. The van der Waals surface area contributed by atoms with E-state index in [0.717, 1.165) is 17.8 Å². The molecule has 4 aliphatic rings. The lowest BCUT2D eigenvalue weighted by Gasteiger charge is -2.47. The fourth-order valence-corrected chi connectivity index (χ4v) is 3.32. The minimum atomic E-state index is 1.07. The molecule has 3 saturated heterocycles. The molecule has 0 aromatic heterocycles. The van der Waals surface area contributed by atoms with E-state index in [1.807, 2.05) is 0 Å². The van der Waals surface area contributed by atoms with Gasteiger partial charge in [-0.15, -0.1) is 0 Å². The Morgan fingerprint density at radius 3 is 1.40 bits per heavy atom. The summed E-state index contributed by atoms with van der Waals surface area (Å²) in [5, 5.41) is 0. The minimum Gasteiger partial charge on any atom is -0.421 e. The molecule has 0 spiro atoms. The topological polar surface area (TPSA) is 2.70 Å². The summed E-state index contributed by atoms with van der Waals surface area (Å²) in [6.07, 6.45) is 4.62. The summed E-state index contributed by atoms with van der Waals surface area (Å²) in [5.74, 6) is 3.20. The first kappa shape index (κ1) is 5.59. The third-order valence-electron chi connectivity index (χ3n) is 3.41. The van der Waals surface area contributed by atoms with Crippen molar-refractivity contribution in [2.75, 3.05) is 19.8 Å². The van der Waals surface area contributed by atoms with Crippen LogP contribution >= 0.6 is 0 Å². The van der Waals surface area contributed by atoms with Crippen LogP contribution in [0.15, 0.2) is 0 Å². The van der Waals surface area contributed by atoms with Gasteiger partial charge in [-0.2, -0.15) is 0 Å². The molecule has 0 radical (unpaired) electrons. The van der Waals surface area contributed by atoms with Gasteiger partial charge in [0.15, 0.2) is 0 Å². The Kier molecular flexibility index (Phi) is 0.984. The highest BCUT2D eigenvalue weighted by Crippen LogP contribution is 2.44. The Labute approximate surface area is 62.1 Å². The van der Waals surface area contributed by atoms with E-state index < -0.39 is 0 Å². The fourth-order valence-electron chi connectivity index (χ4n) is 3.32. The van der Waals surface area contributed by atoms with E-state index in [4.69, 9.17) is 0 Å². The SMILES string of the molecule is C1C2CC3CC1C[O+](C2)C3. The molecule has 0 amide bonds. The van der Waals surface area contributed by atoms with Crippen molar-refractivity contribution in [3.8, 4) is 0 Å². The molecule has 1 heteroatoms. The fraction of sp³-hybridized carbons (Fsp3) is 1.00. The first-order valence-electron chi connectivity index (χ1n) is 4.54. The zero-order valence-corrected chi connectivity index (χ0v) is 6.38. The largest absolute Gasteiger partial charge is 0.421 e. The third-order valence-corrected chi connectivity index (χ3v) is 3.41. The Morgan fingerprint density at radius 1 is 0.700 bits per heavy atom. The molecule has 1 aliphatic carbocycles. The first-order chi connectivity index (χ1) is 4.90. The molecule has 1 saturated carbocycles. The van der Waals surface area contributed by atoms with Crippen molar-refractivity contribution in [1.82, 2.24) is 0 Å². The van der Waals surface area contributed by atoms with Gasteiger partial charge in [0.1, 0.15) is 19.8 Å². The van der Waals surface area contributed by atoms with E-state index in [1.165, 1.54) is 19.8 Å². The van der Waals surface area contributed by atoms with Gasteiger partial charge >= 0.3 is 0 Å². The summed E-state index contributed by atoms with van der Waals surface area (Å²) in [7, 11) is 0. The second kappa shape index (κ2) is 1.76. The third kappa shape index (κ3) is 0.672. The predicted octanol–water partition coefficient (Wildman–Crippen LogP) is 1.60. The van der Waals surface area contributed by atoms with Gasteiger partial charge in [0.05, 0.1) is 0 Å². The summed E-state index contributed by atoms with van der Waals surface area (Å²) < 4.78 is 3.45. The second-order valence-electron chi connectivity index (χ2n) is 4.42. The Balaban J connectivity index is 1.90. The monoisotopic (exact) mass is 139 g/mol. The van der Waals surface area contributed by atoms with Crippen molar-refractivity contribution in [3.63, 3.8) is 0 Å². The van der Waals surface area contributed by atoms with Crippen LogP contribution in [0.2, 0.25) is 0 Å². The van der Waals surface area contributed by atoms with Crippen molar-refractivity contribution >= 4 is 0 Å². The van der Waals surface area contributed by atoms with E-state index in [2.05, 4.69) is 4.37 Å². The lowest BCUT2D eigenvalue weighted by atomic mass is 9.72. The summed E-state index contributed by atoms with van der Waals surface area (Å²) in [5.41, 5.74) is 0. The Bertz CT molecular complexity index is 96.3. The van der Waals surface area contributed by atoms with Gasteiger partial charge in [-0.1, -0.05) is 0 Å². The smallest absolute Gasteiger partial charge is 0.148 e. The van der Waals surface area contributed by atoms with Crippen LogP contribution in [-0.4, -0.2) is 19.8 Å². The maximum Gasteiger partial charge on any atom is 0.148 e. The van der Waals surface area contributed by atoms with Gasteiger partial charge in [0.25, 0.3) is 0 Å². The van der Waals surface area contributed by atoms with Crippen molar-refractivity contribution in [1.29, 1.82) is 0 Å². The Hall–Kier alpha value is -0.0400. The molecule has 0 N–H and O–H groups in total. The highest BCUT2D eigenvalue weighted by molar-refractivity contribution is 4.88. The van der Waals surface area contributed by atoms with Crippen LogP contribution in [0.3, 0.4) is 0 Å². The molecule has 3 aliphatic heterocycles. The molecule has 1 nitrogen and oxygen atoms in total. The van der Waals surface area contributed by atoms with E-state index in [0.29, 0.717) is 0 Å². The van der Waals surface area contributed by atoms with E-state index in [1.54, 1.807) is 19.3 Å². The Morgan fingerprint density at radius 2 is 1.10 bits per heavy atom. The first-order valence-corrected chi connectivity index (χ1v) is 4.54. The minimum absolute atomic E-state index is 1.07. The highest BCUT2D eigenvalue weighted by Gasteiger charge is 2.45. The summed E-state index contributed by atoms with van der Waals surface area (Å²) in [4.78, 5) is 0. The normalized spacial score (nSPS) is 52.2. The van der Waals surface area contributed by atoms with Gasteiger partial charge in [0, 0.05) is 17.8 Å². The summed E-state index contributed by atoms with van der Waals surface area (Å²) in [6.45, 7) is 4.06. The zero-order valence-electron chi connectivity index (χ0n) is 6.38. The van der Waals surface area contributed by atoms with Gasteiger partial charge in [-0.05, 0) is 19.3 Å². The van der Waals surface area contributed by atoms with E-state index in [9.17, 15) is 0 Å². The quantitative estimate of drug-likeness (QED) is 0.448. The average molecular weight is 139 g/mol. The molecular formula is C9H15O+. The van der Waals surface area contributed by atoms with Crippen LogP contribution in [0.25, 0.3) is 0 Å². The van der Waals surface area contributed by atoms with Crippen LogP contribution < -0.4 is 0 Å². The van der Waals surface area contributed by atoms with Crippen LogP contribution in [0.1, 0.15) is 19.3 Å². The van der Waals surface area contributed by atoms with Crippen LogP contribution in [0, 0.1) is 17.8 Å². The molecular weight excluding hydrogens is 124 g/mol. The van der Waals surface area contributed by atoms with Gasteiger partial charge in [0.2, 0.25) is 0 Å². The average Bonchev–Trinajstić information content (AvgIpc) is 1.82. The summed E-state index contributed by atoms with van der Waals surface area (Å²) in [6, 6.07) is 0. The van der Waals surface area contributed by atoms with Gasteiger partial charge < -0.3 is 4.37 Å². The molecule has 56 valence electrons. The van der Waals surface area contributed by atoms with Crippen LogP contribution in [-0.2, 0) is 4.37 Å². The van der Waals surface area contributed by atoms with Gasteiger partial charge in [-0.25, -0.2) is 0 Å². The predicted molar refractivity (Wildman–Crippen MR) is 40.0 cm³/mol. The van der Waals surface area contributed by atoms with Crippen molar-refractivity contribution in [2.45, 2.75) is 19.3 Å². The number of rotatable bonds is 0. The summed E-state index contributed by atoms with van der Waals surface area (Å²) >= 11 is 0. The molecule has 10 heavy (non-hydrogen) atoms. The maximum atomic E-state index is 3.45.